The SMILES string of the molecule is Cc1cc2c(cc1C#N)c(-c1cncc(N)c1Cl)cn2-c1ccc(S(N)(=O)=O)cc1. The highest BCUT2D eigenvalue weighted by Crippen LogP contribution is 2.39. The maximum Gasteiger partial charge on any atom is 0.238 e. The first-order chi connectivity index (χ1) is 14.2. The fraction of sp³-hybridized carbons (Fsp3) is 0.0476. The van der Waals surface area contributed by atoms with Crippen LogP contribution in [0.4, 0.5) is 5.69 Å². The highest BCUT2D eigenvalue weighted by Gasteiger charge is 2.18. The lowest BCUT2D eigenvalue weighted by molar-refractivity contribution is 0.598. The zero-order chi connectivity index (χ0) is 21.6. The Labute approximate surface area is 178 Å². The summed E-state index contributed by atoms with van der Waals surface area (Å²) in [6, 6.07) is 12.1. The number of nitriles is 1. The third-order valence-corrected chi connectivity index (χ3v) is 6.26. The van der Waals surface area contributed by atoms with Gasteiger partial charge in [-0.25, -0.2) is 13.6 Å². The van der Waals surface area contributed by atoms with E-state index in [1.54, 1.807) is 24.4 Å². The van der Waals surface area contributed by atoms with E-state index < -0.39 is 10.0 Å². The Hall–Kier alpha value is -3.38. The van der Waals surface area contributed by atoms with Crippen LogP contribution in [0.1, 0.15) is 11.1 Å². The predicted molar refractivity (Wildman–Crippen MR) is 117 cm³/mol. The molecule has 0 aliphatic rings. The fourth-order valence-corrected chi connectivity index (χ4v) is 4.08. The lowest BCUT2D eigenvalue weighted by atomic mass is 10.0. The zero-order valence-electron chi connectivity index (χ0n) is 15.8. The molecule has 0 bridgehead atoms. The number of hydrogen-bond acceptors (Lipinski definition) is 5. The molecule has 2 aromatic carbocycles. The molecule has 30 heavy (non-hydrogen) atoms. The third kappa shape index (κ3) is 3.29. The van der Waals surface area contributed by atoms with Crippen LogP contribution in [0.25, 0.3) is 27.7 Å². The molecule has 0 unspecified atom stereocenters. The summed E-state index contributed by atoms with van der Waals surface area (Å²) in [4.78, 5) is 4.17. The van der Waals surface area contributed by atoms with Crippen LogP contribution in [0.5, 0.6) is 0 Å². The van der Waals surface area contributed by atoms with E-state index >= 15 is 0 Å². The number of anilines is 1. The second-order valence-corrected chi connectivity index (χ2v) is 8.78. The molecule has 0 spiro atoms. The molecular formula is C21H16ClN5O2S. The van der Waals surface area contributed by atoms with Crippen molar-refractivity contribution in [2.24, 2.45) is 5.14 Å². The number of pyridine rings is 1. The van der Waals surface area contributed by atoms with Gasteiger partial charge in [0.2, 0.25) is 10.0 Å². The number of benzene rings is 2. The van der Waals surface area contributed by atoms with Crippen molar-refractivity contribution in [1.29, 1.82) is 5.26 Å². The molecule has 4 N–H and O–H groups in total. The van der Waals surface area contributed by atoms with Gasteiger partial charge in [0.05, 0.1) is 39.0 Å². The molecule has 0 saturated heterocycles. The fourth-order valence-electron chi connectivity index (χ4n) is 3.37. The standard InChI is InChI=1S/C21H16ClN5O2S/c1-12-6-20-16(7-13(12)8-23)18(17-9-26-10-19(24)21(17)22)11-27(20)14-2-4-15(5-3-14)30(25,28)29/h2-7,9-11H,24H2,1H3,(H2,25,28,29). The van der Waals surface area contributed by atoms with Gasteiger partial charge < -0.3 is 10.3 Å². The molecule has 0 amide bonds. The Morgan fingerprint density at radius 2 is 1.83 bits per heavy atom. The zero-order valence-corrected chi connectivity index (χ0v) is 17.4. The van der Waals surface area contributed by atoms with E-state index in [9.17, 15) is 13.7 Å². The van der Waals surface area contributed by atoms with E-state index in [1.807, 2.05) is 23.8 Å². The van der Waals surface area contributed by atoms with Crippen molar-refractivity contribution in [1.82, 2.24) is 9.55 Å². The number of nitrogens with zero attached hydrogens (tertiary/aromatic N) is 3. The topological polar surface area (TPSA) is 128 Å². The van der Waals surface area contributed by atoms with E-state index in [2.05, 4.69) is 11.1 Å². The molecule has 0 atom stereocenters. The monoisotopic (exact) mass is 437 g/mol. The van der Waals surface area contributed by atoms with Crippen molar-refractivity contribution < 1.29 is 8.42 Å². The second-order valence-electron chi connectivity index (χ2n) is 6.84. The minimum absolute atomic E-state index is 0.0222. The van der Waals surface area contributed by atoms with Gasteiger partial charge in [-0.3, -0.25) is 4.98 Å². The Morgan fingerprint density at radius 3 is 2.47 bits per heavy atom. The first-order valence-corrected chi connectivity index (χ1v) is 10.7. The summed E-state index contributed by atoms with van der Waals surface area (Å²) in [7, 11) is -3.79. The minimum atomic E-state index is -3.79. The molecule has 7 nitrogen and oxygen atoms in total. The van der Waals surface area contributed by atoms with Gasteiger partial charge in [0.25, 0.3) is 0 Å². The number of rotatable bonds is 3. The van der Waals surface area contributed by atoms with E-state index in [0.717, 1.165) is 27.7 Å². The molecule has 0 aliphatic carbocycles. The summed E-state index contributed by atoms with van der Waals surface area (Å²) in [5, 5.41) is 15.8. The molecule has 2 heterocycles. The van der Waals surface area contributed by atoms with Gasteiger partial charge in [-0.1, -0.05) is 11.6 Å². The summed E-state index contributed by atoms with van der Waals surface area (Å²) in [6.07, 6.45) is 4.95. The van der Waals surface area contributed by atoms with E-state index in [4.69, 9.17) is 22.5 Å². The van der Waals surface area contributed by atoms with Crippen LogP contribution < -0.4 is 10.9 Å². The highest BCUT2D eigenvalue weighted by molar-refractivity contribution is 7.89. The van der Waals surface area contributed by atoms with Gasteiger partial charge in [0.15, 0.2) is 0 Å². The van der Waals surface area contributed by atoms with Crippen molar-refractivity contribution in [3.63, 3.8) is 0 Å². The lowest BCUT2D eigenvalue weighted by Crippen LogP contribution is -2.11. The Morgan fingerprint density at radius 1 is 1.13 bits per heavy atom. The van der Waals surface area contributed by atoms with Gasteiger partial charge in [-0.2, -0.15) is 5.26 Å². The molecule has 150 valence electrons. The van der Waals surface area contributed by atoms with E-state index in [-0.39, 0.29) is 4.90 Å². The number of nitrogen functional groups attached to an aromatic ring is 1. The number of fused-ring (bicyclic) bond motifs is 1. The molecule has 2 aromatic heterocycles. The van der Waals surface area contributed by atoms with Crippen LogP contribution >= 0.6 is 11.6 Å². The summed E-state index contributed by atoms with van der Waals surface area (Å²) in [5.74, 6) is 0. The average molecular weight is 438 g/mol. The first-order valence-electron chi connectivity index (χ1n) is 8.79. The number of primary sulfonamides is 1. The van der Waals surface area contributed by atoms with E-state index in [0.29, 0.717) is 21.8 Å². The van der Waals surface area contributed by atoms with Crippen molar-refractivity contribution in [3.8, 4) is 22.9 Å². The largest absolute Gasteiger partial charge is 0.396 e. The summed E-state index contributed by atoms with van der Waals surface area (Å²) < 4.78 is 25.0. The van der Waals surface area contributed by atoms with Crippen molar-refractivity contribution in [2.45, 2.75) is 11.8 Å². The smallest absolute Gasteiger partial charge is 0.238 e. The van der Waals surface area contributed by atoms with Gasteiger partial charge in [-0.15, -0.1) is 0 Å². The van der Waals surface area contributed by atoms with Crippen LogP contribution in [-0.4, -0.2) is 18.0 Å². The lowest BCUT2D eigenvalue weighted by Gasteiger charge is -2.07. The van der Waals surface area contributed by atoms with Crippen LogP contribution in [0.15, 0.2) is 59.9 Å². The summed E-state index contributed by atoms with van der Waals surface area (Å²) in [6.45, 7) is 1.86. The van der Waals surface area contributed by atoms with E-state index in [1.165, 1.54) is 18.3 Å². The van der Waals surface area contributed by atoms with Gasteiger partial charge >= 0.3 is 0 Å². The number of halogens is 1. The first kappa shape index (κ1) is 19.9. The molecule has 0 radical (unpaired) electrons. The Bertz CT molecular complexity index is 1450. The summed E-state index contributed by atoms with van der Waals surface area (Å²) in [5.41, 5.74) is 10.6. The maximum absolute atomic E-state index is 11.6. The van der Waals surface area contributed by atoms with Crippen LogP contribution in [0.2, 0.25) is 5.02 Å². The van der Waals surface area contributed by atoms with Gasteiger partial charge in [0, 0.05) is 34.6 Å². The maximum atomic E-state index is 11.6. The summed E-state index contributed by atoms with van der Waals surface area (Å²) >= 11 is 6.44. The molecule has 0 fully saturated rings. The second kappa shape index (κ2) is 7.15. The number of nitrogens with two attached hydrogens (primary N) is 2. The number of hydrogen-bond donors (Lipinski definition) is 2. The number of aryl methyl sites for hydroxylation is 1. The molecule has 0 saturated carbocycles. The van der Waals surface area contributed by atoms with Crippen LogP contribution in [0.3, 0.4) is 0 Å². The van der Waals surface area contributed by atoms with Crippen molar-refractivity contribution >= 4 is 38.2 Å². The van der Waals surface area contributed by atoms with Crippen LogP contribution in [-0.2, 0) is 10.0 Å². The number of sulfonamides is 1. The quantitative estimate of drug-likeness (QED) is 0.504. The Balaban J connectivity index is 2.03. The molecule has 0 aliphatic heterocycles. The van der Waals surface area contributed by atoms with Crippen LogP contribution in [0, 0.1) is 18.3 Å². The normalized spacial score (nSPS) is 11.5. The predicted octanol–water partition coefficient (Wildman–Crippen LogP) is 3.76. The number of aromatic nitrogens is 2. The third-order valence-electron chi connectivity index (χ3n) is 4.91. The average Bonchev–Trinajstić information content (AvgIpc) is 3.07. The molecular weight excluding hydrogens is 422 g/mol. The molecule has 4 aromatic rings. The minimum Gasteiger partial charge on any atom is -0.396 e. The Kier molecular flexibility index (Phi) is 4.74. The highest BCUT2D eigenvalue weighted by atomic mass is 35.5. The van der Waals surface area contributed by atoms with Crippen molar-refractivity contribution in [3.05, 3.63) is 71.1 Å². The molecule has 9 heteroatoms. The van der Waals surface area contributed by atoms with Crippen molar-refractivity contribution in [2.75, 3.05) is 5.73 Å². The van der Waals surface area contributed by atoms with Gasteiger partial charge in [0.1, 0.15) is 0 Å². The van der Waals surface area contributed by atoms with Gasteiger partial charge in [-0.05, 0) is 48.9 Å². The molecule has 4 rings (SSSR count).